The first kappa shape index (κ1) is 14.3. The Hall–Kier alpha value is -0.640. The number of thiocarbonyl (C=S) groups is 1. The molecule has 1 amide bonds. The van der Waals surface area contributed by atoms with Crippen LogP contribution >= 0.6 is 12.2 Å². The van der Waals surface area contributed by atoms with Gasteiger partial charge in [0.05, 0.1) is 10.4 Å². The molecule has 3 aliphatic rings. The molecule has 4 heteroatoms. The minimum atomic E-state index is -0.523. The first-order valence-corrected chi connectivity index (χ1v) is 8.63. The smallest absolute Gasteiger partial charge is 0.235 e. The molecule has 1 aliphatic heterocycles. The zero-order valence-electron chi connectivity index (χ0n) is 12.3. The maximum Gasteiger partial charge on any atom is 0.235 e. The number of fused-ring (bicyclic) bond motifs is 1. The van der Waals surface area contributed by atoms with E-state index in [-0.39, 0.29) is 5.91 Å². The van der Waals surface area contributed by atoms with Gasteiger partial charge in [-0.25, -0.2) is 0 Å². The summed E-state index contributed by atoms with van der Waals surface area (Å²) in [4.78, 5) is 15.6. The second-order valence-corrected chi connectivity index (χ2v) is 7.46. The van der Waals surface area contributed by atoms with Crippen molar-refractivity contribution in [2.75, 3.05) is 13.1 Å². The fraction of sp³-hybridized carbons (Fsp3) is 0.875. The average Bonchev–Trinajstić information content (AvgIpc) is 2.91. The van der Waals surface area contributed by atoms with Gasteiger partial charge in [0.1, 0.15) is 0 Å². The molecule has 3 nitrogen and oxygen atoms in total. The molecule has 3 fully saturated rings. The number of nitrogens with zero attached hydrogens (tertiary/aromatic N) is 1. The van der Waals surface area contributed by atoms with Crippen LogP contribution in [-0.4, -0.2) is 28.9 Å². The van der Waals surface area contributed by atoms with E-state index in [2.05, 4.69) is 4.90 Å². The van der Waals surface area contributed by atoms with Gasteiger partial charge in [-0.15, -0.1) is 0 Å². The highest BCUT2D eigenvalue weighted by atomic mass is 32.1. The van der Waals surface area contributed by atoms with Crippen molar-refractivity contribution in [2.24, 2.45) is 23.0 Å². The normalized spacial score (nSPS) is 32.7. The predicted molar refractivity (Wildman–Crippen MR) is 84.3 cm³/mol. The lowest BCUT2D eigenvalue weighted by atomic mass is 9.78. The van der Waals surface area contributed by atoms with Crippen molar-refractivity contribution in [3.05, 3.63) is 0 Å². The lowest BCUT2D eigenvalue weighted by Gasteiger charge is -2.34. The Morgan fingerprint density at radius 3 is 2.05 bits per heavy atom. The molecular formula is C16H26N2OS. The molecule has 2 aliphatic carbocycles. The van der Waals surface area contributed by atoms with Crippen LogP contribution in [0.4, 0.5) is 0 Å². The third-order valence-electron chi connectivity index (χ3n) is 5.85. The van der Waals surface area contributed by atoms with E-state index in [0.29, 0.717) is 4.99 Å². The van der Waals surface area contributed by atoms with Crippen LogP contribution in [0.1, 0.15) is 57.8 Å². The molecule has 0 radical (unpaired) electrons. The Morgan fingerprint density at radius 2 is 1.55 bits per heavy atom. The standard InChI is InChI=1S/C16H26N2OS/c17-14(20)16(8-3-1-2-4-9-16)15(19)18-10-12-6-5-7-13(12)11-18/h12-13H,1-11H2,(H2,17,20). The van der Waals surface area contributed by atoms with Gasteiger partial charge in [-0.2, -0.15) is 0 Å². The van der Waals surface area contributed by atoms with Crippen molar-refractivity contribution in [2.45, 2.75) is 57.8 Å². The van der Waals surface area contributed by atoms with Crippen LogP contribution in [0.2, 0.25) is 0 Å². The number of carbonyl (C=O) groups excluding carboxylic acids is 1. The molecule has 2 saturated carbocycles. The van der Waals surface area contributed by atoms with Crippen molar-refractivity contribution in [3.63, 3.8) is 0 Å². The van der Waals surface area contributed by atoms with Crippen LogP contribution in [-0.2, 0) is 4.79 Å². The van der Waals surface area contributed by atoms with Gasteiger partial charge < -0.3 is 10.6 Å². The van der Waals surface area contributed by atoms with E-state index in [9.17, 15) is 4.79 Å². The maximum atomic E-state index is 13.1. The van der Waals surface area contributed by atoms with E-state index in [4.69, 9.17) is 18.0 Å². The number of hydrogen-bond donors (Lipinski definition) is 1. The number of hydrogen-bond acceptors (Lipinski definition) is 2. The van der Waals surface area contributed by atoms with Crippen molar-refractivity contribution in [3.8, 4) is 0 Å². The third-order valence-corrected chi connectivity index (χ3v) is 6.24. The molecule has 0 aromatic carbocycles. The van der Waals surface area contributed by atoms with Crippen molar-refractivity contribution < 1.29 is 4.79 Å². The van der Waals surface area contributed by atoms with Gasteiger partial charge in [0, 0.05) is 13.1 Å². The molecule has 20 heavy (non-hydrogen) atoms. The monoisotopic (exact) mass is 294 g/mol. The van der Waals surface area contributed by atoms with Gasteiger partial charge in [0.25, 0.3) is 0 Å². The summed E-state index contributed by atoms with van der Waals surface area (Å²) in [5.41, 5.74) is 5.52. The predicted octanol–water partition coefficient (Wildman–Crippen LogP) is 2.87. The van der Waals surface area contributed by atoms with E-state index in [1.807, 2.05) is 0 Å². The SMILES string of the molecule is NC(=S)C1(C(=O)N2CC3CCCC3C2)CCCCCC1. The van der Waals surface area contributed by atoms with Crippen LogP contribution in [0.3, 0.4) is 0 Å². The summed E-state index contributed by atoms with van der Waals surface area (Å²) in [6.45, 7) is 1.90. The van der Waals surface area contributed by atoms with E-state index < -0.39 is 5.41 Å². The molecule has 0 aromatic rings. The minimum Gasteiger partial charge on any atom is -0.392 e. The highest BCUT2D eigenvalue weighted by molar-refractivity contribution is 7.80. The number of likely N-dealkylation sites (tertiary alicyclic amines) is 1. The summed E-state index contributed by atoms with van der Waals surface area (Å²) >= 11 is 5.33. The van der Waals surface area contributed by atoms with Crippen LogP contribution in [0.15, 0.2) is 0 Å². The molecule has 0 aromatic heterocycles. The summed E-state index contributed by atoms with van der Waals surface area (Å²) in [6, 6.07) is 0. The Kier molecular flexibility index (Phi) is 4.02. The molecule has 112 valence electrons. The molecule has 2 atom stereocenters. The van der Waals surface area contributed by atoms with Crippen LogP contribution in [0, 0.1) is 17.3 Å². The number of nitrogens with two attached hydrogens (primary N) is 1. The average molecular weight is 294 g/mol. The van der Waals surface area contributed by atoms with Gasteiger partial charge in [-0.3, -0.25) is 4.79 Å². The first-order chi connectivity index (χ1) is 9.63. The minimum absolute atomic E-state index is 0.251. The number of rotatable bonds is 2. The molecule has 3 rings (SSSR count). The number of amides is 1. The molecule has 1 heterocycles. The van der Waals surface area contributed by atoms with Gasteiger partial charge in [0.2, 0.25) is 5.91 Å². The van der Waals surface area contributed by atoms with Crippen molar-refractivity contribution >= 4 is 23.1 Å². The maximum absolute atomic E-state index is 13.1. The largest absolute Gasteiger partial charge is 0.392 e. The van der Waals surface area contributed by atoms with Gasteiger partial charge in [-0.05, 0) is 37.5 Å². The summed E-state index contributed by atoms with van der Waals surface area (Å²) in [5, 5.41) is 0. The molecule has 2 N–H and O–H groups in total. The van der Waals surface area contributed by atoms with Crippen LogP contribution in [0.5, 0.6) is 0 Å². The molecule has 1 saturated heterocycles. The van der Waals surface area contributed by atoms with Crippen molar-refractivity contribution in [1.82, 2.24) is 4.90 Å². The lowest BCUT2D eigenvalue weighted by molar-refractivity contribution is -0.138. The highest BCUT2D eigenvalue weighted by Gasteiger charge is 2.47. The highest BCUT2D eigenvalue weighted by Crippen LogP contribution is 2.42. The fourth-order valence-corrected chi connectivity index (χ4v) is 4.89. The topological polar surface area (TPSA) is 46.3 Å². The Morgan fingerprint density at radius 1 is 1.00 bits per heavy atom. The molecule has 0 spiro atoms. The van der Waals surface area contributed by atoms with E-state index in [1.165, 1.54) is 32.1 Å². The summed E-state index contributed by atoms with van der Waals surface area (Å²) in [6.07, 6.45) is 10.3. The quantitative estimate of drug-likeness (QED) is 0.629. The van der Waals surface area contributed by atoms with E-state index in [0.717, 1.165) is 50.6 Å². The number of carbonyl (C=O) groups is 1. The van der Waals surface area contributed by atoms with E-state index >= 15 is 0 Å². The Bertz CT molecular complexity index is 389. The second-order valence-electron chi connectivity index (χ2n) is 7.02. The fourth-order valence-electron chi connectivity index (χ4n) is 4.60. The van der Waals surface area contributed by atoms with E-state index in [1.54, 1.807) is 0 Å². The molecule has 0 bridgehead atoms. The summed E-state index contributed by atoms with van der Waals surface area (Å²) < 4.78 is 0. The van der Waals surface area contributed by atoms with Gasteiger partial charge in [0.15, 0.2) is 0 Å². The Balaban J connectivity index is 1.77. The van der Waals surface area contributed by atoms with Gasteiger partial charge in [-0.1, -0.05) is 44.3 Å². The third kappa shape index (κ3) is 2.36. The Labute approximate surface area is 127 Å². The van der Waals surface area contributed by atoms with Crippen LogP contribution in [0.25, 0.3) is 0 Å². The van der Waals surface area contributed by atoms with Crippen molar-refractivity contribution in [1.29, 1.82) is 0 Å². The molecule has 2 unspecified atom stereocenters. The first-order valence-electron chi connectivity index (χ1n) is 8.23. The summed E-state index contributed by atoms with van der Waals surface area (Å²) in [5.74, 6) is 1.74. The van der Waals surface area contributed by atoms with Crippen LogP contribution < -0.4 is 5.73 Å². The lowest BCUT2D eigenvalue weighted by Crippen LogP contribution is -2.50. The molecular weight excluding hydrogens is 268 g/mol. The zero-order chi connectivity index (χ0) is 14.2. The summed E-state index contributed by atoms with van der Waals surface area (Å²) in [7, 11) is 0. The second kappa shape index (κ2) is 5.63. The van der Waals surface area contributed by atoms with Gasteiger partial charge >= 0.3 is 0 Å². The zero-order valence-corrected chi connectivity index (χ0v) is 13.1.